The summed E-state index contributed by atoms with van der Waals surface area (Å²) in [6, 6.07) is 11.9. The first-order valence-corrected chi connectivity index (χ1v) is 11.6. The molecule has 2 rings (SSSR count). The lowest BCUT2D eigenvalue weighted by Gasteiger charge is -2.25. The third kappa shape index (κ3) is 6.23. The van der Waals surface area contributed by atoms with Crippen LogP contribution in [0, 0.1) is 19.8 Å². The predicted molar refractivity (Wildman–Crippen MR) is 121 cm³/mol. The van der Waals surface area contributed by atoms with E-state index in [9.17, 15) is 13.2 Å². The fourth-order valence-corrected chi connectivity index (χ4v) is 4.48. The molecule has 30 heavy (non-hydrogen) atoms. The molecule has 0 atom stereocenters. The predicted octanol–water partition coefficient (Wildman–Crippen LogP) is 4.06. The first kappa shape index (κ1) is 23.7. The minimum Gasteiger partial charge on any atom is -0.497 e. The van der Waals surface area contributed by atoms with Crippen LogP contribution in [0.4, 0.5) is 5.69 Å². The van der Waals surface area contributed by atoms with Gasteiger partial charge in [-0.1, -0.05) is 19.9 Å². The Kier molecular flexibility index (Phi) is 8.29. The van der Waals surface area contributed by atoms with Gasteiger partial charge in [0.15, 0.2) is 0 Å². The van der Waals surface area contributed by atoms with Gasteiger partial charge in [0.2, 0.25) is 5.91 Å². The average Bonchev–Trinajstić information content (AvgIpc) is 2.70. The maximum atomic E-state index is 13.4. The zero-order valence-electron chi connectivity index (χ0n) is 18.4. The van der Waals surface area contributed by atoms with E-state index in [1.165, 1.54) is 4.31 Å². The highest BCUT2D eigenvalue weighted by Gasteiger charge is 2.26. The number of carbonyl (C=O) groups excluding carboxylic acids is 1. The van der Waals surface area contributed by atoms with E-state index in [0.29, 0.717) is 23.9 Å². The van der Waals surface area contributed by atoms with Crippen LogP contribution in [0.3, 0.4) is 0 Å². The number of methoxy groups -OCH3 is 1. The summed E-state index contributed by atoms with van der Waals surface area (Å²) in [5.74, 6) is 0.962. The molecular formula is C23H32N2O4S. The molecule has 0 fully saturated rings. The molecule has 0 bridgehead atoms. The van der Waals surface area contributed by atoms with Gasteiger partial charge in [-0.2, -0.15) is 0 Å². The maximum absolute atomic E-state index is 13.4. The van der Waals surface area contributed by atoms with E-state index in [1.54, 1.807) is 49.6 Å². The van der Waals surface area contributed by atoms with Crippen molar-refractivity contribution in [2.75, 3.05) is 24.5 Å². The second kappa shape index (κ2) is 10.5. The van der Waals surface area contributed by atoms with E-state index in [0.717, 1.165) is 17.5 Å². The summed E-state index contributed by atoms with van der Waals surface area (Å²) < 4.78 is 33.3. The van der Waals surface area contributed by atoms with Gasteiger partial charge < -0.3 is 10.1 Å². The Labute approximate surface area is 180 Å². The summed E-state index contributed by atoms with van der Waals surface area (Å²) in [6.07, 6.45) is 0.961. The Balaban J connectivity index is 2.28. The van der Waals surface area contributed by atoms with Crippen molar-refractivity contribution in [1.29, 1.82) is 0 Å². The Morgan fingerprint density at radius 2 is 1.73 bits per heavy atom. The highest BCUT2D eigenvalue weighted by Crippen LogP contribution is 2.27. The van der Waals surface area contributed by atoms with Crippen LogP contribution in [-0.4, -0.2) is 34.5 Å². The minimum absolute atomic E-state index is 0.0507. The number of hydrogen-bond acceptors (Lipinski definition) is 4. The average molecular weight is 433 g/mol. The molecule has 0 saturated carbocycles. The van der Waals surface area contributed by atoms with Crippen molar-refractivity contribution in [1.82, 2.24) is 5.32 Å². The number of ether oxygens (including phenoxy) is 1. The Hall–Kier alpha value is -2.54. The topological polar surface area (TPSA) is 75.7 Å². The number of anilines is 1. The van der Waals surface area contributed by atoms with Crippen molar-refractivity contribution in [2.24, 2.45) is 5.92 Å². The Morgan fingerprint density at radius 3 is 2.30 bits per heavy atom. The number of hydrogen-bond donors (Lipinski definition) is 1. The molecular weight excluding hydrogens is 400 g/mol. The molecule has 1 amide bonds. The first-order valence-electron chi connectivity index (χ1n) is 10.2. The van der Waals surface area contributed by atoms with Crippen molar-refractivity contribution in [3.8, 4) is 5.75 Å². The van der Waals surface area contributed by atoms with Gasteiger partial charge in [-0.3, -0.25) is 9.10 Å². The summed E-state index contributed by atoms with van der Waals surface area (Å²) in [5.41, 5.74) is 2.41. The van der Waals surface area contributed by atoms with E-state index in [4.69, 9.17) is 4.74 Å². The number of nitrogens with zero attached hydrogens (tertiary/aromatic N) is 1. The van der Waals surface area contributed by atoms with Crippen LogP contribution in [0.1, 0.15) is 37.8 Å². The zero-order chi connectivity index (χ0) is 22.3. The quantitative estimate of drug-likeness (QED) is 0.614. The van der Waals surface area contributed by atoms with Gasteiger partial charge in [0.05, 0.1) is 17.7 Å². The first-order chi connectivity index (χ1) is 14.1. The van der Waals surface area contributed by atoms with E-state index in [-0.39, 0.29) is 23.8 Å². The van der Waals surface area contributed by atoms with Gasteiger partial charge in [0, 0.05) is 19.5 Å². The molecule has 0 unspecified atom stereocenters. The number of benzene rings is 2. The zero-order valence-corrected chi connectivity index (χ0v) is 19.3. The van der Waals surface area contributed by atoms with Crippen molar-refractivity contribution in [3.63, 3.8) is 0 Å². The monoisotopic (exact) mass is 432 g/mol. The van der Waals surface area contributed by atoms with Gasteiger partial charge in [-0.05, 0) is 73.7 Å². The van der Waals surface area contributed by atoms with Crippen molar-refractivity contribution in [2.45, 2.75) is 45.4 Å². The van der Waals surface area contributed by atoms with Crippen LogP contribution in [0.5, 0.6) is 5.75 Å². The molecule has 1 N–H and O–H groups in total. The van der Waals surface area contributed by atoms with Crippen LogP contribution < -0.4 is 14.4 Å². The summed E-state index contributed by atoms with van der Waals surface area (Å²) in [6.45, 7) is 8.64. The molecule has 0 aromatic heterocycles. The number of amides is 1. The standard InChI is InChI=1S/C23H32N2O4S/c1-17(2)12-14-24-23(26)13-15-25(20-7-9-21(29-5)10-8-20)30(27,28)22-11-6-18(3)19(4)16-22/h6-11,16-17H,12-15H2,1-5H3,(H,24,26). The van der Waals surface area contributed by atoms with Crippen molar-refractivity contribution in [3.05, 3.63) is 53.6 Å². The number of nitrogens with one attached hydrogen (secondary N) is 1. The van der Waals surface area contributed by atoms with E-state index in [1.807, 2.05) is 13.8 Å². The highest BCUT2D eigenvalue weighted by atomic mass is 32.2. The summed E-state index contributed by atoms with van der Waals surface area (Å²) in [4.78, 5) is 12.5. The molecule has 0 aliphatic rings. The molecule has 0 heterocycles. The Bertz CT molecular complexity index is 954. The molecule has 7 heteroatoms. The molecule has 164 valence electrons. The molecule has 0 radical (unpaired) electrons. The third-order valence-corrected chi connectivity index (χ3v) is 6.84. The summed E-state index contributed by atoms with van der Waals surface area (Å²) in [7, 11) is -2.27. The third-order valence-electron chi connectivity index (χ3n) is 5.01. The molecule has 6 nitrogen and oxygen atoms in total. The number of rotatable bonds is 10. The van der Waals surface area contributed by atoms with Gasteiger partial charge in [-0.15, -0.1) is 0 Å². The lowest BCUT2D eigenvalue weighted by Crippen LogP contribution is -2.35. The molecule has 0 aliphatic heterocycles. The highest BCUT2D eigenvalue weighted by molar-refractivity contribution is 7.92. The normalized spacial score (nSPS) is 11.4. The SMILES string of the molecule is COc1ccc(N(CCC(=O)NCCC(C)C)S(=O)(=O)c2ccc(C)c(C)c2)cc1. The lowest BCUT2D eigenvalue weighted by molar-refractivity contribution is -0.120. The number of aryl methyl sites for hydroxylation is 2. The smallest absolute Gasteiger partial charge is 0.264 e. The summed E-state index contributed by atoms with van der Waals surface area (Å²) >= 11 is 0. The fourth-order valence-electron chi connectivity index (χ4n) is 2.93. The van der Waals surface area contributed by atoms with Crippen molar-refractivity contribution < 1.29 is 17.9 Å². The number of sulfonamides is 1. The van der Waals surface area contributed by atoms with Gasteiger partial charge in [0.1, 0.15) is 5.75 Å². The van der Waals surface area contributed by atoms with Crippen LogP contribution in [0.15, 0.2) is 47.4 Å². The van der Waals surface area contributed by atoms with Crippen LogP contribution >= 0.6 is 0 Å². The Morgan fingerprint density at radius 1 is 1.07 bits per heavy atom. The second-order valence-electron chi connectivity index (χ2n) is 7.80. The molecule has 0 aliphatic carbocycles. The molecule has 0 spiro atoms. The van der Waals surface area contributed by atoms with Crippen LogP contribution in [0.2, 0.25) is 0 Å². The van der Waals surface area contributed by atoms with Crippen LogP contribution in [-0.2, 0) is 14.8 Å². The molecule has 2 aromatic carbocycles. The fraction of sp³-hybridized carbons (Fsp3) is 0.435. The van der Waals surface area contributed by atoms with Gasteiger partial charge in [-0.25, -0.2) is 8.42 Å². The number of carbonyl (C=O) groups is 1. The van der Waals surface area contributed by atoms with E-state index in [2.05, 4.69) is 19.2 Å². The second-order valence-corrected chi connectivity index (χ2v) is 9.67. The summed E-state index contributed by atoms with van der Waals surface area (Å²) in [5, 5.41) is 2.87. The molecule has 2 aromatic rings. The lowest BCUT2D eigenvalue weighted by atomic mass is 10.1. The molecule has 0 saturated heterocycles. The van der Waals surface area contributed by atoms with E-state index < -0.39 is 10.0 Å². The van der Waals surface area contributed by atoms with Crippen molar-refractivity contribution >= 4 is 21.6 Å². The van der Waals surface area contributed by atoms with Crippen LogP contribution in [0.25, 0.3) is 0 Å². The van der Waals surface area contributed by atoms with E-state index >= 15 is 0 Å². The largest absolute Gasteiger partial charge is 0.497 e. The van der Waals surface area contributed by atoms with Gasteiger partial charge >= 0.3 is 0 Å². The minimum atomic E-state index is -3.83. The maximum Gasteiger partial charge on any atom is 0.264 e. The van der Waals surface area contributed by atoms with Gasteiger partial charge in [0.25, 0.3) is 10.0 Å².